The van der Waals surface area contributed by atoms with E-state index in [0.717, 1.165) is 18.4 Å². The molecule has 1 aliphatic rings. The second-order valence-electron chi connectivity index (χ2n) is 6.12. The van der Waals surface area contributed by atoms with Gasteiger partial charge >= 0.3 is 0 Å². The predicted octanol–water partition coefficient (Wildman–Crippen LogP) is 5.31. The first-order valence-electron chi connectivity index (χ1n) is 8.03. The third-order valence-electron chi connectivity index (χ3n) is 4.60. The first-order valence-corrected chi connectivity index (χ1v) is 8.91. The minimum Gasteiger partial charge on any atom is -0.310 e. The van der Waals surface area contributed by atoms with Gasteiger partial charge in [0, 0.05) is 10.9 Å². The number of hydrogen-bond acceptors (Lipinski definition) is 2. The first kappa shape index (κ1) is 15.1. The van der Waals surface area contributed by atoms with Crippen molar-refractivity contribution < 1.29 is 0 Å². The highest BCUT2D eigenvalue weighted by atomic mass is 32.1. The van der Waals surface area contributed by atoms with Gasteiger partial charge in [-0.15, -0.1) is 11.3 Å². The molecule has 2 rings (SSSR count). The molecule has 1 aromatic heterocycles. The fraction of sp³-hybridized carbons (Fsp3) is 0.765. The summed E-state index contributed by atoms with van der Waals surface area (Å²) in [5.74, 6) is 1.81. The van der Waals surface area contributed by atoms with Gasteiger partial charge in [-0.3, -0.25) is 0 Å². The minimum atomic E-state index is 0.597. The molecular formula is C17H29NS. The van der Waals surface area contributed by atoms with Crippen LogP contribution in [0.25, 0.3) is 0 Å². The molecule has 1 aliphatic carbocycles. The summed E-state index contributed by atoms with van der Waals surface area (Å²) in [5, 5.41) is 6.19. The average molecular weight is 279 g/mol. The van der Waals surface area contributed by atoms with E-state index in [1.807, 2.05) is 11.3 Å². The Bertz CT molecular complexity index is 371. The van der Waals surface area contributed by atoms with Gasteiger partial charge in [-0.25, -0.2) is 0 Å². The molecule has 3 unspecified atom stereocenters. The van der Waals surface area contributed by atoms with Gasteiger partial charge in [-0.2, -0.15) is 0 Å². The van der Waals surface area contributed by atoms with Crippen LogP contribution in [0.2, 0.25) is 0 Å². The van der Waals surface area contributed by atoms with Crippen molar-refractivity contribution in [1.82, 2.24) is 5.32 Å². The van der Waals surface area contributed by atoms with Gasteiger partial charge in [0.1, 0.15) is 0 Å². The van der Waals surface area contributed by atoms with Crippen molar-refractivity contribution in [2.24, 2.45) is 11.8 Å². The summed E-state index contributed by atoms with van der Waals surface area (Å²) < 4.78 is 0. The molecule has 1 heterocycles. The molecule has 1 aromatic rings. The summed E-state index contributed by atoms with van der Waals surface area (Å²) in [4.78, 5) is 1.45. The fourth-order valence-corrected chi connectivity index (χ4v) is 4.23. The number of hydrogen-bond donors (Lipinski definition) is 1. The molecule has 19 heavy (non-hydrogen) atoms. The Balaban J connectivity index is 2.08. The monoisotopic (exact) mass is 279 g/mol. The topological polar surface area (TPSA) is 12.0 Å². The zero-order valence-electron chi connectivity index (χ0n) is 12.7. The third kappa shape index (κ3) is 4.06. The van der Waals surface area contributed by atoms with Crippen molar-refractivity contribution in [1.29, 1.82) is 0 Å². The molecular weight excluding hydrogens is 250 g/mol. The van der Waals surface area contributed by atoms with Gasteiger partial charge in [-0.05, 0) is 61.6 Å². The maximum Gasteiger partial charge on any atom is 0.0357 e. The van der Waals surface area contributed by atoms with Crippen LogP contribution < -0.4 is 5.32 Å². The predicted molar refractivity (Wildman–Crippen MR) is 85.8 cm³/mol. The van der Waals surface area contributed by atoms with E-state index in [9.17, 15) is 0 Å². The summed E-state index contributed by atoms with van der Waals surface area (Å²) in [5.41, 5.74) is 1.54. The van der Waals surface area contributed by atoms with Crippen LogP contribution in [0.15, 0.2) is 11.4 Å². The quantitative estimate of drug-likeness (QED) is 0.743. The molecule has 1 nitrogen and oxygen atoms in total. The molecule has 2 heteroatoms. The minimum absolute atomic E-state index is 0.597. The second kappa shape index (κ2) is 7.44. The lowest BCUT2D eigenvalue weighted by atomic mass is 9.75. The van der Waals surface area contributed by atoms with Gasteiger partial charge in [-0.1, -0.05) is 33.1 Å². The number of nitrogens with one attached hydrogen (secondary N) is 1. The van der Waals surface area contributed by atoms with Gasteiger partial charge in [0.15, 0.2) is 0 Å². The fourth-order valence-electron chi connectivity index (χ4n) is 3.49. The molecule has 0 aromatic carbocycles. The molecule has 1 N–H and O–H groups in total. The van der Waals surface area contributed by atoms with E-state index in [4.69, 9.17) is 0 Å². The largest absolute Gasteiger partial charge is 0.310 e. The molecule has 0 bridgehead atoms. The van der Waals surface area contributed by atoms with Crippen LogP contribution in [0.1, 0.15) is 68.9 Å². The van der Waals surface area contributed by atoms with Crippen LogP contribution in [0.5, 0.6) is 0 Å². The lowest BCUT2D eigenvalue weighted by Crippen LogP contribution is -2.32. The SMILES string of the molecule is CCCNC(c1csc(C)c1)C1CCCC(CC)C1. The summed E-state index contributed by atoms with van der Waals surface area (Å²) >= 11 is 1.90. The van der Waals surface area contributed by atoms with Gasteiger partial charge in [0.2, 0.25) is 0 Å². The zero-order valence-corrected chi connectivity index (χ0v) is 13.6. The maximum atomic E-state index is 3.82. The van der Waals surface area contributed by atoms with E-state index in [2.05, 4.69) is 37.5 Å². The van der Waals surface area contributed by atoms with Crippen LogP contribution in [0.4, 0.5) is 0 Å². The van der Waals surface area contributed by atoms with Crippen molar-refractivity contribution in [3.63, 3.8) is 0 Å². The van der Waals surface area contributed by atoms with Crippen LogP contribution in [-0.2, 0) is 0 Å². The number of aryl methyl sites for hydroxylation is 1. The molecule has 1 saturated carbocycles. The van der Waals surface area contributed by atoms with E-state index in [1.165, 1.54) is 49.0 Å². The first-order chi connectivity index (χ1) is 9.24. The summed E-state index contributed by atoms with van der Waals surface area (Å²) in [6.45, 7) is 7.99. The second-order valence-corrected chi connectivity index (χ2v) is 7.24. The molecule has 1 fully saturated rings. The van der Waals surface area contributed by atoms with Gasteiger partial charge in [0.25, 0.3) is 0 Å². The molecule has 108 valence electrons. The number of thiophene rings is 1. The van der Waals surface area contributed by atoms with Crippen molar-refractivity contribution >= 4 is 11.3 Å². The third-order valence-corrected chi connectivity index (χ3v) is 5.48. The van der Waals surface area contributed by atoms with E-state index in [1.54, 1.807) is 0 Å². The van der Waals surface area contributed by atoms with E-state index in [0.29, 0.717) is 6.04 Å². The Kier molecular flexibility index (Phi) is 5.90. The molecule has 0 radical (unpaired) electrons. The van der Waals surface area contributed by atoms with Crippen LogP contribution >= 0.6 is 11.3 Å². The lowest BCUT2D eigenvalue weighted by molar-refractivity contribution is 0.209. The standard InChI is InChI=1S/C17H29NS/c1-4-9-18-17(16-10-13(3)19-12-16)15-8-6-7-14(5-2)11-15/h10,12,14-15,17-18H,4-9,11H2,1-3H3. The highest BCUT2D eigenvalue weighted by Gasteiger charge is 2.28. The highest BCUT2D eigenvalue weighted by Crippen LogP contribution is 2.39. The molecule has 0 amide bonds. The Hall–Kier alpha value is -0.340. The smallest absolute Gasteiger partial charge is 0.0357 e. The molecule has 0 spiro atoms. The number of rotatable bonds is 6. The van der Waals surface area contributed by atoms with Crippen molar-refractivity contribution in [3.8, 4) is 0 Å². The van der Waals surface area contributed by atoms with E-state index in [-0.39, 0.29) is 0 Å². The van der Waals surface area contributed by atoms with Crippen molar-refractivity contribution in [3.05, 3.63) is 21.9 Å². The summed E-state index contributed by atoms with van der Waals surface area (Å²) in [6, 6.07) is 2.99. The summed E-state index contributed by atoms with van der Waals surface area (Å²) in [7, 11) is 0. The lowest BCUT2D eigenvalue weighted by Gasteiger charge is -2.34. The Morgan fingerprint density at radius 3 is 2.84 bits per heavy atom. The van der Waals surface area contributed by atoms with Gasteiger partial charge in [0.05, 0.1) is 0 Å². The van der Waals surface area contributed by atoms with Crippen LogP contribution in [0.3, 0.4) is 0 Å². The van der Waals surface area contributed by atoms with E-state index < -0.39 is 0 Å². The summed E-state index contributed by atoms with van der Waals surface area (Å²) in [6.07, 6.45) is 8.30. The highest BCUT2D eigenvalue weighted by molar-refractivity contribution is 7.10. The van der Waals surface area contributed by atoms with Crippen LogP contribution in [-0.4, -0.2) is 6.54 Å². The molecule has 0 saturated heterocycles. The van der Waals surface area contributed by atoms with Crippen molar-refractivity contribution in [2.45, 2.75) is 65.3 Å². The Morgan fingerprint density at radius 2 is 2.21 bits per heavy atom. The Morgan fingerprint density at radius 1 is 1.37 bits per heavy atom. The molecule has 0 aliphatic heterocycles. The zero-order chi connectivity index (χ0) is 13.7. The van der Waals surface area contributed by atoms with Crippen LogP contribution in [0, 0.1) is 18.8 Å². The van der Waals surface area contributed by atoms with Gasteiger partial charge < -0.3 is 5.32 Å². The molecule has 3 atom stereocenters. The van der Waals surface area contributed by atoms with Crippen molar-refractivity contribution in [2.75, 3.05) is 6.54 Å². The Labute approximate surface area is 122 Å². The normalized spacial score (nSPS) is 25.4. The maximum absolute atomic E-state index is 3.82. The average Bonchev–Trinajstić information content (AvgIpc) is 2.86. The van der Waals surface area contributed by atoms with E-state index >= 15 is 0 Å².